The lowest BCUT2D eigenvalue weighted by molar-refractivity contribution is 0.0586. The maximum atomic E-state index is 12.7. The first-order chi connectivity index (χ1) is 12.2. The highest BCUT2D eigenvalue weighted by Crippen LogP contribution is 2.21. The molecule has 0 saturated carbocycles. The highest BCUT2D eigenvalue weighted by atomic mass is 16.5. The van der Waals surface area contributed by atoms with Crippen molar-refractivity contribution in [3.8, 4) is 5.88 Å². The number of likely N-dealkylation sites (tertiary alicyclic amines) is 1. The molecular formula is C19H20N4O2. The Hall–Kier alpha value is -2.89. The topological polar surface area (TPSA) is 59.7 Å². The highest BCUT2D eigenvalue weighted by Gasteiger charge is 2.25. The van der Waals surface area contributed by atoms with E-state index in [9.17, 15) is 4.79 Å². The number of imidazole rings is 1. The quantitative estimate of drug-likeness (QED) is 0.738. The molecule has 0 unspecified atom stereocenters. The summed E-state index contributed by atoms with van der Waals surface area (Å²) in [6.45, 7) is 3.38. The van der Waals surface area contributed by atoms with Gasteiger partial charge in [0.25, 0.3) is 5.91 Å². The van der Waals surface area contributed by atoms with Crippen molar-refractivity contribution in [3.05, 3.63) is 60.2 Å². The first kappa shape index (κ1) is 15.6. The van der Waals surface area contributed by atoms with Gasteiger partial charge in [0.15, 0.2) is 0 Å². The Balaban J connectivity index is 1.39. The number of nitrogens with zero attached hydrogens (tertiary/aromatic N) is 4. The molecule has 0 N–H and O–H groups in total. The monoisotopic (exact) mass is 336 g/mol. The van der Waals surface area contributed by atoms with Crippen molar-refractivity contribution in [2.45, 2.75) is 25.9 Å². The van der Waals surface area contributed by atoms with E-state index in [0.29, 0.717) is 24.5 Å². The fourth-order valence-corrected chi connectivity index (χ4v) is 3.16. The van der Waals surface area contributed by atoms with Gasteiger partial charge in [-0.05, 0) is 25.1 Å². The van der Waals surface area contributed by atoms with E-state index < -0.39 is 0 Å². The molecule has 0 aliphatic carbocycles. The Kier molecular flexibility index (Phi) is 4.09. The molecule has 6 heteroatoms. The SMILES string of the molecule is Cc1cccnc1OC1CCN(C(=O)c2ccc3nccn3c2)CC1. The average Bonchev–Trinajstić information content (AvgIpc) is 3.11. The summed E-state index contributed by atoms with van der Waals surface area (Å²) in [7, 11) is 0. The number of hydrogen-bond acceptors (Lipinski definition) is 4. The van der Waals surface area contributed by atoms with E-state index in [1.54, 1.807) is 12.4 Å². The minimum Gasteiger partial charge on any atom is -0.474 e. The summed E-state index contributed by atoms with van der Waals surface area (Å²) >= 11 is 0. The Bertz CT molecular complexity index is 897. The minimum atomic E-state index is 0.0584. The van der Waals surface area contributed by atoms with Crippen LogP contribution in [0.2, 0.25) is 0 Å². The molecule has 4 rings (SSSR count). The van der Waals surface area contributed by atoms with E-state index in [4.69, 9.17) is 4.74 Å². The maximum Gasteiger partial charge on any atom is 0.255 e. The zero-order valence-corrected chi connectivity index (χ0v) is 14.1. The largest absolute Gasteiger partial charge is 0.474 e. The predicted octanol–water partition coefficient (Wildman–Crippen LogP) is 2.72. The Morgan fingerprint density at radius 1 is 1.16 bits per heavy atom. The third kappa shape index (κ3) is 3.20. The van der Waals surface area contributed by atoms with Crippen LogP contribution in [-0.4, -0.2) is 44.4 Å². The van der Waals surface area contributed by atoms with Gasteiger partial charge in [-0.25, -0.2) is 9.97 Å². The van der Waals surface area contributed by atoms with Crippen molar-refractivity contribution >= 4 is 11.6 Å². The fraction of sp³-hybridized carbons (Fsp3) is 0.316. The Labute approximate surface area is 146 Å². The van der Waals surface area contributed by atoms with Gasteiger partial charge < -0.3 is 14.0 Å². The molecule has 0 atom stereocenters. The van der Waals surface area contributed by atoms with Crippen LogP contribution < -0.4 is 4.74 Å². The minimum absolute atomic E-state index is 0.0584. The van der Waals surface area contributed by atoms with Crippen LogP contribution >= 0.6 is 0 Å². The van der Waals surface area contributed by atoms with Crippen molar-refractivity contribution in [2.75, 3.05) is 13.1 Å². The van der Waals surface area contributed by atoms with Gasteiger partial charge in [-0.3, -0.25) is 4.79 Å². The van der Waals surface area contributed by atoms with E-state index in [1.165, 1.54) is 0 Å². The molecule has 1 fully saturated rings. The van der Waals surface area contributed by atoms with Gasteiger partial charge in [0.1, 0.15) is 11.8 Å². The molecular weight excluding hydrogens is 316 g/mol. The number of hydrogen-bond donors (Lipinski definition) is 0. The molecule has 0 radical (unpaired) electrons. The van der Waals surface area contributed by atoms with Gasteiger partial charge in [-0.15, -0.1) is 0 Å². The Morgan fingerprint density at radius 2 is 2.00 bits per heavy atom. The van der Waals surface area contributed by atoms with Crippen LogP contribution in [0.1, 0.15) is 28.8 Å². The second-order valence-electron chi connectivity index (χ2n) is 6.35. The van der Waals surface area contributed by atoms with E-state index in [2.05, 4.69) is 9.97 Å². The zero-order chi connectivity index (χ0) is 17.2. The summed E-state index contributed by atoms with van der Waals surface area (Å²) < 4.78 is 7.87. The van der Waals surface area contributed by atoms with Crippen LogP contribution in [0, 0.1) is 6.92 Å². The maximum absolute atomic E-state index is 12.7. The second kappa shape index (κ2) is 6.55. The first-order valence-electron chi connectivity index (χ1n) is 8.51. The lowest BCUT2D eigenvalue weighted by Crippen LogP contribution is -2.42. The van der Waals surface area contributed by atoms with E-state index in [-0.39, 0.29) is 12.0 Å². The average molecular weight is 336 g/mol. The van der Waals surface area contributed by atoms with Crippen molar-refractivity contribution < 1.29 is 9.53 Å². The summed E-state index contributed by atoms with van der Waals surface area (Å²) in [6, 6.07) is 7.60. The number of carbonyl (C=O) groups is 1. The van der Waals surface area contributed by atoms with Gasteiger partial charge in [0.05, 0.1) is 5.56 Å². The van der Waals surface area contributed by atoms with E-state index in [1.807, 2.05) is 52.9 Å². The zero-order valence-electron chi connectivity index (χ0n) is 14.1. The number of amides is 1. The molecule has 1 amide bonds. The number of fused-ring (bicyclic) bond motifs is 1. The van der Waals surface area contributed by atoms with E-state index in [0.717, 1.165) is 24.1 Å². The standard InChI is InChI=1S/C19H20N4O2/c1-14-3-2-8-21-18(14)25-16-6-10-22(11-7-16)19(24)15-4-5-17-20-9-12-23(17)13-15/h2-5,8-9,12-13,16H,6-7,10-11H2,1H3. The highest BCUT2D eigenvalue weighted by molar-refractivity contribution is 5.94. The molecule has 1 aliphatic rings. The van der Waals surface area contributed by atoms with Crippen LogP contribution in [-0.2, 0) is 0 Å². The van der Waals surface area contributed by atoms with Crippen molar-refractivity contribution in [1.29, 1.82) is 0 Å². The number of aromatic nitrogens is 3. The molecule has 1 saturated heterocycles. The number of rotatable bonds is 3. The van der Waals surface area contributed by atoms with Gasteiger partial charge in [0.2, 0.25) is 5.88 Å². The summed E-state index contributed by atoms with van der Waals surface area (Å²) in [4.78, 5) is 23.1. The predicted molar refractivity (Wildman–Crippen MR) is 93.7 cm³/mol. The van der Waals surface area contributed by atoms with Crippen LogP contribution in [0.5, 0.6) is 5.88 Å². The second-order valence-corrected chi connectivity index (χ2v) is 6.35. The van der Waals surface area contributed by atoms with Gasteiger partial charge >= 0.3 is 0 Å². The summed E-state index contributed by atoms with van der Waals surface area (Å²) in [6.07, 6.45) is 8.89. The van der Waals surface area contributed by atoms with Gasteiger partial charge in [0, 0.05) is 56.3 Å². The lowest BCUT2D eigenvalue weighted by Gasteiger charge is -2.32. The van der Waals surface area contributed by atoms with Crippen LogP contribution in [0.3, 0.4) is 0 Å². The first-order valence-corrected chi connectivity index (χ1v) is 8.51. The molecule has 25 heavy (non-hydrogen) atoms. The number of pyridine rings is 2. The molecule has 6 nitrogen and oxygen atoms in total. The molecule has 0 spiro atoms. The van der Waals surface area contributed by atoms with Crippen molar-refractivity contribution in [3.63, 3.8) is 0 Å². The molecule has 0 aromatic carbocycles. The van der Waals surface area contributed by atoms with Gasteiger partial charge in [-0.2, -0.15) is 0 Å². The molecule has 4 heterocycles. The third-order valence-corrected chi connectivity index (χ3v) is 4.60. The summed E-state index contributed by atoms with van der Waals surface area (Å²) in [5.74, 6) is 0.751. The number of aryl methyl sites for hydroxylation is 1. The molecule has 3 aromatic rings. The smallest absolute Gasteiger partial charge is 0.255 e. The van der Waals surface area contributed by atoms with Crippen molar-refractivity contribution in [2.24, 2.45) is 0 Å². The lowest BCUT2D eigenvalue weighted by atomic mass is 10.1. The van der Waals surface area contributed by atoms with Crippen molar-refractivity contribution in [1.82, 2.24) is 19.3 Å². The fourth-order valence-electron chi connectivity index (χ4n) is 3.16. The van der Waals surface area contributed by atoms with Crippen LogP contribution in [0.15, 0.2) is 49.1 Å². The normalized spacial score (nSPS) is 15.5. The molecule has 0 bridgehead atoms. The number of carbonyl (C=O) groups excluding carboxylic acids is 1. The number of piperidine rings is 1. The van der Waals surface area contributed by atoms with E-state index >= 15 is 0 Å². The third-order valence-electron chi connectivity index (χ3n) is 4.60. The molecule has 3 aromatic heterocycles. The molecule has 1 aliphatic heterocycles. The number of ether oxygens (including phenoxy) is 1. The van der Waals surface area contributed by atoms with Crippen LogP contribution in [0.4, 0.5) is 0 Å². The Morgan fingerprint density at radius 3 is 2.80 bits per heavy atom. The summed E-state index contributed by atoms with van der Waals surface area (Å²) in [5.41, 5.74) is 2.56. The van der Waals surface area contributed by atoms with Crippen LogP contribution in [0.25, 0.3) is 5.65 Å². The van der Waals surface area contributed by atoms with Gasteiger partial charge in [-0.1, -0.05) is 6.07 Å². The molecule has 128 valence electrons. The summed E-state index contributed by atoms with van der Waals surface area (Å²) in [5, 5.41) is 0.